The molecule has 180 valence electrons. The van der Waals surface area contributed by atoms with Gasteiger partial charge in [0.15, 0.2) is 0 Å². The van der Waals surface area contributed by atoms with Gasteiger partial charge in [0.1, 0.15) is 5.60 Å². The molecule has 0 aromatic heterocycles. The van der Waals surface area contributed by atoms with Crippen LogP contribution in [0.25, 0.3) is 0 Å². The molecule has 1 aromatic rings. The highest BCUT2D eigenvalue weighted by Crippen LogP contribution is 2.46. The highest BCUT2D eigenvalue weighted by molar-refractivity contribution is 6.80. The first kappa shape index (κ1) is 26.6. The summed E-state index contributed by atoms with van der Waals surface area (Å²) in [5, 5.41) is 11.5. The van der Waals surface area contributed by atoms with E-state index < -0.39 is 37.1 Å². The largest absolute Gasteiger partial charge is 0.459 e. The maximum Gasteiger partial charge on any atom is 0.315 e. The number of nitrogens with zero attached hydrogens (tertiary/aromatic N) is 1. The Morgan fingerprint density at radius 1 is 1.19 bits per heavy atom. The third-order valence-electron chi connectivity index (χ3n) is 7.30. The van der Waals surface area contributed by atoms with E-state index in [0.29, 0.717) is 19.0 Å². The van der Waals surface area contributed by atoms with Crippen molar-refractivity contribution in [1.82, 2.24) is 4.90 Å². The Labute approximate surface area is 195 Å². The van der Waals surface area contributed by atoms with Gasteiger partial charge in [-0.1, -0.05) is 64.2 Å². The van der Waals surface area contributed by atoms with Crippen molar-refractivity contribution in [3.8, 4) is 0 Å². The average Bonchev–Trinajstić information content (AvgIpc) is 2.89. The fourth-order valence-electron chi connectivity index (χ4n) is 4.26. The molecule has 3 atom stereocenters. The van der Waals surface area contributed by atoms with Crippen molar-refractivity contribution in [2.24, 2.45) is 11.3 Å². The number of benzene rings is 1. The summed E-state index contributed by atoms with van der Waals surface area (Å²) < 4.78 is 5.74. The van der Waals surface area contributed by atoms with Gasteiger partial charge in [0.05, 0.1) is 25.5 Å². The van der Waals surface area contributed by atoms with Crippen molar-refractivity contribution >= 4 is 20.0 Å². The van der Waals surface area contributed by atoms with Crippen LogP contribution in [0.1, 0.15) is 54.0 Å². The molecule has 0 spiro atoms. The van der Waals surface area contributed by atoms with Crippen LogP contribution in [-0.4, -0.2) is 54.8 Å². The Morgan fingerprint density at radius 3 is 2.25 bits per heavy atom. The molecule has 1 amide bonds. The number of esters is 1. The van der Waals surface area contributed by atoms with Crippen molar-refractivity contribution in [3.05, 3.63) is 35.9 Å². The van der Waals surface area contributed by atoms with Crippen LogP contribution in [-0.2, 0) is 20.7 Å². The van der Waals surface area contributed by atoms with Crippen LogP contribution in [0.15, 0.2) is 30.3 Å². The summed E-state index contributed by atoms with van der Waals surface area (Å²) in [6.45, 7) is 19.2. The molecule has 1 heterocycles. The quantitative estimate of drug-likeness (QED) is 0.463. The summed E-state index contributed by atoms with van der Waals surface area (Å²) in [5.74, 6) is -1.33. The van der Waals surface area contributed by atoms with E-state index in [2.05, 4.69) is 33.9 Å². The molecule has 5 nitrogen and oxygen atoms in total. The molecule has 0 bridgehead atoms. The third-order valence-corrected chi connectivity index (χ3v) is 12.8. The van der Waals surface area contributed by atoms with Gasteiger partial charge in [-0.25, -0.2) is 0 Å². The van der Waals surface area contributed by atoms with E-state index in [-0.39, 0.29) is 17.5 Å². The zero-order chi connectivity index (χ0) is 24.5. The van der Waals surface area contributed by atoms with Crippen molar-refractivity contribution in [2.75, 3.05) is 13.1 Å². The molecule has 0 radical (unpaired) electrons. The van der Waals surface area contributed by atoms with E-state index in [1.807, 2.05) is 51.1 Å². The van der Waals surface area contributed by atoms with Crippen LogP contribution < -0.4 is 0 Å². The van der Waals surface area contributed by atoms with Crippen LogP contribution in [0.3, 0.4) is 0 Å². The van der Waals surface area contributed by atoms with Crippen molar-refractivity contribution < 1.29 is 19.4 Å². The molecule has 0 saturated carbocycles. The number of amides is 1. The standard InChI is InChI=1S/C26H43NO4Si/c1-24(2,3)31-23(30)26(7)18-27(16-15-19-13-11-10-12-14-19)22(29)21(26)20(28)17-32(8,9)25(4,5)6/h10-14,20-21,28H,15-18H2,1-9H3/t20-,21?,26+/m0/s1. The Kier molecular flexibility index (Phi) is 7.72. The van der Waals surface area contributed by atoms with E-state index in [1.54, 1.807) is 11.8 Å². The molecular formula is C26H43NO4Si. The van der Waals surface area contributed by atoms with Crippen LogP contribution >= 0.6 is 0 Å². The number of hydrogen-bond donors (Lipinski definition) is 1. The minimum Gasteiger partial charge on any atom is -0.459 e. The van der Waals surface area contributed by atoms with Gasteiger partial charge in [-0.3, -0.25) is 9.59 Å². The number of rotatable bonds is 7. The van der Waals surface area contributed by atoms with Crippen LogP contribution in [0.2, 0.25) is 24.2 Å². The number of carbonyl (C=O) groups excluding carboxylic acids is 2. The summed E-state index contributed by atoms with van der Waals surface area (Å²) in [6.07, 6.45) is -0.162. The summed E-state index contributed by atoms with van der Waals surface area (Å²) in [7, 11) is -1.88. The lowest BCUT2D eigenvalue weighted by Gasteiger charge is -2.41. The van der Waals surface area contributed by atoms with Crippen molar-refractivity contribution in [2.45, 2.75) is 90.8 Å². The van der Waals surface area contributed by atoms with Gasteiger partial charge < -0.3 is 14.7 Å². The molecular weight excluding hydrogens is 418 g/mol. The topological polar surface area (TPSA) is 66.8 Å². The Balaban J connectivity index is 2.32. The second kappa shape index (κ2) is 9.30. The molecule has 1 aliphatic rings. The van der Waals surface area contributed by atoms with E-state index in [9.17, 15) is 14.7 Å². The number of aliphatic hydroxyl groups is 1. The monoisotopic (exact) mass is 461 g/mol. The number of carbonyl (C=O) groups is 2. The zero-order valence-electron chi connectivity index (χ0n) is 21.5. The van der Waals surface area contributed by atoms with Crippen LogP contribution in [0.5, 0.6) is 0 Å². The molecule has 1 N–H and O–H groups in total. The summed E-state index contributed by atoms with van der Waals surface area (Å²) >= 11 is 0. The fourth-order valence-corrected chi connectivity index (χ4v) is 6.16. The molecule has 1 saturated heterocycles. The van der Waals surface area contributed by atoms with Gasteiger partial charge in [-0.05, 0) is 50.8 Å². The molecule has 6 heteroatoms. The van der Waals surface area contributed by atoms with E-state index >= 15 is 0 Å². The highest BCUT2D eigenvalue weighted by atomic mass is 28.3. The number of aliphatic hydroxyl groups excluding tert-OH is 1. The smallest absolute Gasteiger partial charge is 0.315 e. The average molecular weight is 462 g/mol. The highest BCUT2D eigenvalue weighted by Gasteiger charge is 2.58. The maximum atomic E-state index is 13.6. The third kappa shape index (κ3) is 6.01. The predicted octanol–water partition coefficient (Wildman–Crippen LogP) is 4.90. The van der Waals surface area contributed by atoms with Gasteiger partial charge in [-0.2, -0.15) is 0 Å². The first-order valence-corrected chi connectivity index (χ1v) is 14.9. The van der Waals surface area contributed by atoms with Gasteiger partial charge in [0.25, 0.3) is 0 Å². The van der Waals surface area contributed by atoms with Gasteiger partial charge in [0, 0.05) is 13.1 Å². The summed E-state index contributed by atoms with van der Waals surface area (Å²) in [5.41, 5.74) is -0.595. The molecule has 1 aromatic carbocycles. The molecule has 0 aliphatic carbocycles. The predicted molar refractivity (Wildman–Crippen MR) is 132 cm³/mol. The van der Waals surface area contributed by atoms with Gasteiger partial charge in [-0.15, -0.1) is 0 Å². The maximum absolute atomic E-state index is 13.6. The first-order valence-electron chi connectivity index (χ1n) is 11.7. The number of likely N-dealkylation sites (tertiary alicyclic amines) is 1. The SMILES string of the molecule is CC(C)(C)OC(=O)[C@]1(C)CN(CCc2ccccc2)C(=O)C1[C@@H](O)C[Si](C)(C)C(C)(C)C. The van der Waals surface area contributed by atoms with Gasteiger partial charge in [0.2, 0.25) is 5.91 Å². The lowest BCUT2D eigenvalue weighted by atomic mass is 9.76. The Bertz CT molecular complexity index is 809. The zero-order valence-corrected chi connectivity index (χ0v) is 22.5. The second-order valence-corrected chi connectivity index (χ2v) is 18.0. The Hall–Kier alpha value is -1.66. The first-order chi connectivity index (χ1) is 14.5. The summed E-state index contributed by atoms with van der Waals surface area (Å²) in [4.78, 5) is 28.6. The van der Waals surface area contributed by atoms with Gasteiger partial charge >= 0.3 is 5.97 Å². The van der Waals surface area contributed by atoms with E-state index in [0.717, 1.165) is 5.56 Å². The number of hydrogen-bond acceptors (Lipinski definition) is 4. The molecule has 32 heavy (non-hydrogen) atoms. The van der Waals surface area contributed by atoms with E-state index in [4.69, 9.17) is 4.74 Å². The molecule has 2 rings (SSSR count). The minimum absolute atomic E-state index is 0.0744. The minimum atomic E-state index is -1.88. The van der Waals surface area contributed by atoms with Crippen LogP contribution in [0.4, 0.5) is 0 Å². The molecule has 1 fully saturated rings. The lowest BCUT2D eigenvalue weighted by Crippen LogP contribution is -2.49. The van der Waals surface area contributed by atoms with E-state index in [1.165, 1.54) is 0 Å². The van der Waals surface area contributed by atoms with Crippen molar-refractivity contribution in [1.29, 1.82) is 0 Å². The fraction of sp³-hybridized carbons (Fsp3) is 0.692. The number of ether oxygens (including phenoxy) is 1. The normalized spacial score (nSPS) is 23.4. The molecule has 1 aliphatic heterocycles. The van der Waals surface area contributed by atoms with Crippen LogP contribution in [0, 0.1) is 11.3 Å². The molecule has 1 unspecified atom stereocenters. The second-order valence-electron chi connectivity index (χ2n) is 12.3. The lowest BCUT2D eigenvalue weighted by molar-refractivity contribution is -0.171. The Morgan fingerprint density at radius 2 is 1.75 bits per heavy atom. The van der Waals surface area contributed by atoms with Crippen molar-refractivity contribution in [3.63, 3.8) is 0 Å². The summed E-state index contributed by atoms with van der Waals surface area (Å²) in [6, 6.07) is 10.6.